The van der Waals surface area contributed by atoms with Gasteiger partial charge in [0.15, 0.2) is 0 Å². The summed E-state index contributed by atoms with van der Waals surface area (Å²) < 4.78 is 5.72. The van der Waals surface area contributed by atoms with Crippen molar-refractivity contribution < 1.29 is 9.53 Å². The zero-order valence-electron chi connectivity index (χ0n) is 18.6. The van der Waals surface area contributed by atoms with Gasteiger partial charge in [-0.25, -0.2) is 4.79 Å². The molecule has 2 heterocycles. The second-order valence-corrected chi connectivity index (χ2v) is 8.57. The van der Waals surface area contributed by atoms with Crippen LogP contribution in [0.5, 0.6) is 5.75 Å². The summed E-state index contributed by atoms with van der Waals surface area (Å²) in [7, 11) is 1.77. The first-order valence-corrected chi connectivity index (χ1v) is 11.6. The first-order valence-electron chi connectivity index (χ1n) is 10.8. The van der Waals surface area contributed by atoms with Crippen molar-refractivity contribution in [3.8, 4) is 5.75 Å². The molecule has 0 aromatic heterocycles. The molecule has 2 aliphatic rings. The SMILES string of the molecule is CCNCCOc1ccc(NN2C=CC3=C(C2)N(C)C(=O)N(c2c(Cl)cccc2Cl)C3)cc1. The van der Waals surface area contributed by atoms with Crippen LogP contribution in [0.2, 0.25) is 10.0 Å². The van der Waals surface area contributed by atoms with E-state index >= 15 is 0 Å². The fraction of sp³-hybridized carbons (Fsp3) is 0.292. The van der Waals surface area contributed by atoms with E-state index in [2.05, 4.69) is 17.7 Å². The Morgan fingerprint density at radius 1 is 1.06 bits per heavy atom. The lowest BCUT2D eigenvalue weighted by Crippen LogP contribution is -2.50. The molecule has 0 unspecified atom stereocenters. The molecule has 0 aliphatic carbocycles. The van der Waals surface area contributed by atoms with Gasteiger partial charge >= 0.3 is 6.03 Å². The number of para-hydroxylation sites is 1. The zero-order valence-corrected chi connectivity index (χ0v) is 20.2. The minimum Gasteiger partial charge on any atom is -0.492 e. The number of nitrogens with one attached hydrogen (secondary N) is 2. The van der Waals surface area contributed by atoms with Crippen LogP contribution in [0.3, 0.4) is 0 Å². The maximum absolute atomic E-state index is 13.1. The number of hydrogen-bond donors (Lipinski definition) is 2. The highest BCUT2D eigenvalue weighted by atomic mass is 35.5. The normalized spacial score (nSPS) is 15.8. The van der Waals surface area contributed by atoms with Crippen LogP contribution in [-0.2, 0) is 0 Å². The van der Waals surface area contributed by atoms with Crippen molar-refractivity contribution in [1.82, 2.24) is 15.2 Å². The molecule has 0 atom stereocenters. The number of hydrogen-bond acceptors (Lipinski definition) is 5. The van der Waals surface area contributed by atoms with Crippen molar-refractivity contribution in [3.63, 3.8) is 0 Å². The van der Waals surface area contributed by atoms with Crippen LogP contribution in [0.4, 0.5) is 16.2 Å². The number of urea groups is 1. The number of benzene rings is 2. The lowest BCUT2D eigenvalue weighted by Gasteiger charge is -2.40. The molecule has 0 saturated carbocycles. The molecule has 2 aliphatic heterocycles. The molecule has 0 saturated heterocycles. The molecule has 2 N–H and O–H groups in total. The van der Waals surface area contributed by atoms with Gasteiger partial charge in [-0.1, -0.05) is 36.2 Å². The van der Waals surface area contributed by atoms with Gasteiger partial charge in [-0.05, 0) is 54.6 Å². The molecule has 2 aromatic rings. The Morgan fingerprint density at radius 3 is 2.48 bits per heavy atom. The monoisotopic (exact) mass is 487 g/mol. The number of carbonyl (C=O) groups is 1. The lowest BCUT2D eigenvalue weighted by atomic mass is 10.1. The summed E-state index contributed by atoms with van der Waals surface area (Å²) in [5, 5.41) is 6.08. The molecule has 2 aromatic carbocycles. The number of halogens is 2. The van der Waals surface area contributed by atoms with E-state index in [1.165, 1.54) is 0 Å². The minimum atomic E-state index is -0.168. The third kappa shape index (κ3) is 5.21. The average Bonchev–Trinajstić information content (AvgIpc) is 2.81. The third-order valence-electron chi connectivity index (χ3n) is 5.53. The third-order valence-corrected chi connectivity index (χ3v) is 6.14. The highest BCUT2D eigenvalue weighted by Gasteiger charge is 2.34. The molecule has 9 heteroatoms. The quantitative estimate of drug-likeness (QED) is 0.515. The molecule has 0 radical (unpaired) electrons. The van der Waals surface area contributed by atoms with Gasteiger partial charge in [0.25, 0.3) is 0 Å². The molecule has 0 spiro atoms. The van der Waals surface area contributed by atoms with Crippen molar-refractivity contribution >= 4 is 40.6 Å². The van der Waals surface area contributed by atoms with Gasteiger partial charge in [-0.15, -0.1) is 0 Å². The Kier molecular flexibility index (Phi) is 7.33. The number of hydrazine groups is 1. The summed E-state index contributed by atoms with van der Waals surface area (Å²) in [6, 6.07) is 12.9. The predicted molar refractivity (Wildman–Crippen MR) is 134 cm³/mol. The van der Waals surface area contributed by atoms with Crippen molar-refractivity contribution in [2.24, 2.45) is 0 Å². The van der Waals surface area contributed by atoms with Gasteiger partial charge in [-0.3, -0.25) is 20.2 Å². The van der Waals surface area contributed by atoms with Crippen LogP contribution in [0, 0.1) is 0 Å². The topological polar surface area (TPSA) is 60.1 Å². The number of carbonyl (C=O) groups excluding carboxylic acids is 1. The fourth-order valence-corrected chi connectivity index (χ4v) is 4.40. The van der Waals surface area contributed by atoms with Gasteiger partial charge in [0.1, 0.15) is 12.4 Å². The molecule has 0 bridgehead atoms. The van der Waals surface area contributed by atoms with Crippen molar-refractivity contribution in [2.75, 3.05) is 50.2 Å². The predicted octanol–water partition coefficient (Wildman–Crippen LogP) is 4.96. The van der Waals surface area contributed by atoms with Crippen LogP contribution < -0.4 is 20.4 Å². The maximum atomic E-state index is 13.1. The number of amides is 2. The number of rotatable bonds is 8. The largest absolute Gasteiger partial charge is 0.492 e. The number of ether oxygens (including phenoxy) is 1. The Hall–Kier alpha value is -2.87. The molecule has 0 fully saturated rings. The van der Waals surface area contributed by atoms with Crippen LogP contribution in [0.15, 0.2) is 66.0 Å². The smallest absolute Gasteiger partial charge is 0.328 e. The number of anilines is 2. The van der Waals surface area contributed by atoms with E-state index in [0.717, 1.165) is 35.8 Å². The summed E-state index contributed by atoms with van der Waals surface area (Å²) in [6.07, 6.45) is 3.97. The molecule has 4 rings (SSSR count). The molecule has 33 heavy (non-hydrogen) atoms. The van der Waals surface area contributed by atoms with Gasteiger partial charge in [0, 0.05) is 25.5 Å². The van der Waals surface area contributed by atoms with Crippen molar-refractivity contribution in [2.45, 2.75) is 6.92 Å². The van der Waals surface area contributed by atoms with E-state index in [-0.39, 0.29) is 6.03 Å². The summed E-state index contributed by atoms with van der Waals surface area (Å²) in [4.78, 5) is 16.4. The van der Waals surface area contributed by atoms with Crippen LogP contribution in [-0.4, -0.2) is 55.8 Å². The first-order chi connectivity index (χ1) is 16.0. The molecule has 174 valence electrons. The molecular formula is C24H27Cl2N5O2. The second-order valence-electron chi connectivity index (χ2n) is 7.75. The average molecular weight is 488 g/mol. The van der Waals surface area contributed by atoms with E-state index < -0.39 is 0 Å². The standard InChI is InChI=1S/C24H27Cl2N5O2/c1-3-27-12-14-33-19-9-7-18(8-10-19)28-30-13-11-17-15-31(24(32)29(2)22(17)16-30)23-20(25)5-4-6-21(23)26/h4-11,13,27-28H,3,12,14-16H2,1-2H3. The Morgan fingerprint density at radius 2 is 1.79 bits per heavy atom. The second kappa shape index (κ2) is 10.4. The molecular weight excluding hydrogens is 461 g/mol. The van der Waals surface area contributed by atoms with Gasteiger partial charge < -0.3 is 10.1 Å². The van der Waals surface area contributed by atoms with E-state index in [9.17, 15) is 4.79 Å². The van der Waals surface area contributed by atoms with Crippen LogP contribution in [0.25, 0.3) is 0 Å². The van der Waals surface area contributed by atoms with Crippen LogP contribution in [0.1, 0.15) is 6.92 Å². The first kappa shape index (κ1) is 23.3. The molecule has 7 nitrogen and oxygen atoms in total. The summed E-state index contributed by atoms with van der Waals surface area (Å²) in [5.74, 6) is 0.827. The summed E-state index contributed by atoms with van der Waals surface area (Å²) in [5.41, 5.74) is 6.79. The van der Waals surface area contributed by atoms with E-state index in [4.69, 9.17) is 27.9 Å². The summed E-state index contributed by atoms with van der Waals surface area (Å²) in [6.45, 7) is 5.40. The Balaban J connectivity index is 1.41. The lowest BCUT2D eigenvalue weighted by molar-refractivity contribution is 0.219. The number of likely N-dealkylation sites (N-methyl/N-ethyl adjacent to an activating group) is 2. The Labute approximate surface area is 204 Å². The fourth-order valence-electron chi connectivity index (χ4n) is 3.80. The zero-order chi connectivity index (χ0) is 23.4. The van der Waals surface area contributed by atoms with Gasteiger partial charge in [0.05, 0.1) is 34.5 Å². The number of nitrogens with zero attached hydrogens (tertiary/aromatic N) is 3. The highest BCUT2D eigenvalue weighted by molar-refractivity contribution is 6.40. The summed E-state index contributed by atoms with van der Waals surface area (Å²) >= 11 is 12.7. The highest BCUT2D eigenvalue weighted by Crippen LogP contribution is 2.37. The minimum absolute atomic E-state index is 0.168. The van der Waals surface area contributed by atoms with Crippen LogP contribution >= 0.6 is 23.2 Å². The Bertz CT molecular complexity index is 1050. The van der Waals surface area contributed by atoms with Gasteiger partial charge in [0.2, 0.25) is 0 Å². The van der Waals surface area contributed by atoms with E-state index in [1.807, 2.05) is 41.6 Å². The van der Waals surface area contributed by atoms with Gasteiger partial charge in [-0.2, -0.15) is 0 Å². The maximum Gasteiger partial charge on any atom is 0.328 e. The van der Waals surface area contributed by atoms with E-state index in [1.54, 1.807) is 35.0 Å². The van der Waals surface area contributed by atoms with E-state index in [0.29, 0.717) is 35.4 Å². The van der Waals surface area contributed by atoms with Crippen molar-refractivity contribution in [1.29, 1.82) is 0 Å². The van der Waals surface area contributed by atoms with Crippen molar-refractivity contribution in [3.05, 3.63) is 76.1 Å². The molecule has 2 amide bonds.